The van der Waals surface area contributed by atoms with E-state index in [1.807, 2.05) is 13.0 Å². The lowest BCUT2D eigenvalue weighted by molar-refractivity contribution is 0.411. The van der Waals surface area contributed by atoms with Crippen LogP contribution in [0, 0.1) is 6.92 Å². The van der Waals surface area contributed by atoms with Crippen LogP contribution in [-0.2, 0) is 6.54 Å². The molecule has 114 valence electrons. The summed E-state index contributed by atoms with van der Waals surface area (Å²) in [5, 5.41) is 6.53. The molecule has 0 saturated carbocycles. The number of benzene rings is 1. The van der Waals surface area contributed by atoms with E-state index < -0.39 is 0 Å². The normalized spacial score (nSPS) is 10.7. The van der Waals surface area contributed by atoms with Crippen molar-refractivity contribution in [3.05, 3.63) is 29.3 Å². The monoisotopic (exact) mass is 391 g/mol. The highest BCUT2D eigenvalue weighted by Crippen LogP contribution is 2.18. The molecule has 0 heterocycles. The number of ether oxygens (including phenoxy) is 1. The first-order chi connectivity index (χ1) is 9.21. The molecule has 0 aliphatic carbocycles. The van der Waals surface area contributed by atoms with Gasteiger partial charge in [-0.2, -0.15) is 0 Å². The molecule has 1 aromatic carbocycles. The van der Waals surface area contributed by atoms with Gasteiger partial charge in [0, 0.05) is 13.1 Å². The Morgan fingerprint density at radius 1 is 1.25 bits per heavy atom. The Balaban J connectivity index is 0.00000361. The van der Waals surface area contributed by atoms with Gasteiger partial charge in [0.1, 0.15) is 5.75 Å². The van der Waals surface area contributed by atoms with Crippen LogP contribution < -0.4 is 15.4 Å². The van der Waals surface area contributed by atoms with E-state index in [2.05, 4.69) is 41.6 Å². The summed E-state index contributed by atoms with van der Waals surface area (Å²) in [6.45, 7) is 8.74. The van der Waals surface area contributed by atoms with Crippen LogP contribution in [-0.4, -0.2) is 26.2 Å². The van der Waals surface area contributed by atoms with E-state index in [4.69, 9.17) is 4.74 Å². The second kappa shape index (κ2) is 10.8. The van der Waals surface area contributed by atoms with Crippen molar-refractivity contribution in [2.75, 3.05) is 20.2 Å². The molecule has 0 bridgehead atoms. The second-order valence-corrected chi connectivity index (χ2v) is 4.43. The van der Waals surface area contributed by atoms with E-state index >= 15 is 0 Å². The SMILES string of the molecule is CCCNC(=NCc1ccc(OC)c(C)c1)NCC.I. The van der Waals surface area contributed by atoms with Crippen LogP contribution in [0.5, 0.6) is 5.75 Å². The summed E-state index contributed by atoms with van der Waals surface area (Å²) in [5.41, 5.74) is 2.33. The molecule has 0 spiro atoms. The summed E-state index contributed by atoms with van der Waals surface area (Å²) in [7, 11) is 1.69. The lowest BCUT2D eigenvalue weighted by Gasteiger charge is -2.11. The first-order valence-electron chi connectivity index (χ1n) is 6.87. The number of methoxy groups -OCH3 is 1. The molecule has 0 unspecified atom stereocenters. The number of aryl methyl sites for hydroxylation is 1. The minimum absolute atomic E-state index is 0. The van der Waals surface area contributed by atoms with Gasteiger partial charge in [-0.25, -0.2) is 4.99 Å². The van der Waals surface area contributed by atoms with Gasteiger partial charge >= 0.3 is 0 Å². The quantitative estimate of drug-likeness (QED) is 0.445. The summed E-state index contributed by atoms with van der Waals surface area (Å²) < 4.78 is 5.26. The third-order valence-electron chi connectivity index (χ3n) is 2.77. The zero-order chi connectivity index (χ0) is 14.1. The largest absolute Gasteiger partial charge is 0.496 e. The van der Waals surface area contributed by atoms with Crippen LogP contribution in [0.3, 0.4) is 0 Å². The molecule has 0 atom stereocenters. The molecular weight excluding hydrogens is 365 g/mol. The number of rotatable bonds is 6. The topological polar surface area (TPSA) is 45.7 Å². The van der Waals surface area contributed by atoms with E-state index in [9.17, 15) is 0 Å². The van der Waals surface area contributed by atoms with Crippen molar-refractivity contribution in [2.45, 2.75) is 33.7 Å². The van der Waals surface area contributed by atoms with Crippen LogP contribution in [0.15, 0.2) is 23.2 Å². The van der Waals surface area contributed by atoms with E-state index in [-0.39, 0.29) is 24.0 Å². The van der Waals surface area contributed by atoms with E-state index in [1.54, 1.807) is 7.11 Å². The number of hydrogen-bond acceptors (Lipinski definition) is 2. The molecule has 4 nitrogen and oxygen atoms in total. The zero-order valence-electron chi connectivity index (χ0n) is 12.8. The molecule has 0 fully saturated rings. The first-order valence-corrected chi connectivity index (χ1v) is 6.87. The van der Waals surface area contributed by atoms with Gasteiger partial charge in [-0.3, -0.25) is 0 Å². The van der Waals surface area contributed by atoms with Crippen molar-refractivity contribution in [1.82, 2.24) is 10.6 Å². The lowest BCUT2D eigenvalue weighted by atomic mass is 10.1. The Morgan fingerprint density at radius 3 is 2.55 bits per heavy atom. The molecule has 0 radical (unpaired) electrons. The Morgan fingerprint density at radius 2 is 2.00 bits per heavy atom. The maximum Gasteiger partial charge on any atom is 0.191 e. The number of nitrogens with zero attached hydrogens (tertiary/aromatic N) is 1. The van der Waals surface area contributed by atoms with Crippen molar-refractivity contribution in [1.29, 1.82) is 0 Å². The Kier molecular flexibility index (Phi) is 10.2. The summed E-state index contributed by atoms with van der Waals surface area (Å²) >= 11 is 0. The molecule has 1 aromatic rings. The third kappa shape index (κ3) is 6.45. The minimum atomic E-state index is 0. The van der Waals surface area contributed by atoms with Gasteiger partial charge in [-0.1, -0.05) is 19.1 Å². The fourth-order valence-electron chi connectivity index (χ4n) is 1.79. The zero-order valence-corrected chi connectivity index (χ0v) is 15.2. The van der Waals surface area contributed by atoms with Gasteiger partial charge in [0.25, 0.3) is 0 Å². The van der Waals surface area contributed by atoms with E-state index in [1.165, 1.54) is 5.56 Å². The maximum absolute atomic E-state index is 5.26. The second-order valence-electron chi connectivity index (χ2n) is 4.43. The molecule has 20 heavy (non-hydrogen) atoms. The summed E-state index contributed by atoms with van der Waals surface area (Å²) in [6, 6.07) is 6.16. The predicted molar refractivity (Wildman–Crippen MR) is 96.3 cm³/mol. The number of halogens is 1. The van der Waals surface area contributed by atoms with Crippen LogP contribution >= 0.6 is 24.0 Å². The fraction of sp³-hybridized carbons (Fsp3) is 0.533. The number of aliphatic imine (C=N–C) groups is 1. The molecule has 1 rings (SSSR count). The summed E-state index contributed by atoms with van der Waals surface area (Å²) in [6.07, 6.45) is 1.09. The lowest BCUT2D eigenvalue weighted by Crippen LogP contribution is -2.37. The van der Waals surface area contributed by atoms with Crippen molar-refractivity contribution in [2.24, 2.45) is 4.99 Å². The predicted octanol–water partition coefficient (Wildman–Crippen LogP) is 3.09. The van der Waals surface area contributed by atoms with E-state index in [0.29, 0.717) is 6.54 Å². The van der Waals surface area contributed by atoms with Crippen molar-refractivity contribution < 1.29 is 4.74 Å². The standard InChI is InChI=1S/C15H25N3O.HI/c1-5-9-17-15(16-6-2)18-11-13-7-8-14(19-4)12(3)10-13;/h7-8,10H,5-6,9,11H2,1-4H3,(H2,16,17,18);1H. The molecular formula is C15H26IN3O. The summed E-state index contributed by atoms with van der Waals surface area (Å²) in [5.74, 6) is 1.79. The van der Waals surface area contributed by atoms with Crippen LogP contribution in [0.2, 0.25) is 0 Å². The number of nitrogens with one attached hydrogen (secondary N) is 2. The molecule has 0 amide bonds. The Labute approximate surface area is 139 Å². The van der Waals surface area contributed by atoms with Gasteiger partial charge in [0.2, 0.25) is 0 Å². The fourth-order valence-corrected chi connectivity index (χ4v) is 1.79. The molecule has 0 aromatic heterocycles. The molecule has 5 heteroatoms. The highest BCUT2D eigenvalue weighted by atomic mass is 127. The molecule has 0 saturated heterocycles. The van der Waals surface area contributed by atoms with Crippen molar-refractivity contribution in [3.8, 4) is 5.75 Å². The summed E-state index contributed by atoms with van der Waals surface area (Å²) in [4.78, 5) is 4.57. The van der Waals surface area contributed by atoms with Gasteiger partial charge in [-0.05, 0) is 37.5 Å². The van der Waals surface area contributed by atoms with Crippen molar-refractivity contribution in [3.63, 3.8) is 0 Å². The van der Waals surface area contributed by atoms with Gasteiger partial charge in [0.15, 0.2) is 5.96 Å². The van der Waals surface area contributed by atoms with Gasteiger partial charge in [-0.15, -0.1) is 24.0 Å². The average molecular weight is 391 g/mol. The third-order valence-corrected chi connectivity index (χ3v) is 2.77. The number of hydrogen-bond donors (Lipinski definition) is 2. The Hall–Kier alpha value is -0.980. The number of guanidine groups is 1. The van der Waals surface area contributed by atoms with Crippen LogP contribution in [0.25, 0.3) is 0 Å². The van der Waals surface area contributed by atoms with Crippen molar-refractivity contribution >= 4 is 29.9 Å². The average Bonchev–Trinajstić information content (AvgIpc) is 2.42. The van der Waals surface area contributed by atoms with Gasteiger partial charge in [0.05, 0.1) is 13.7 Å². The molecule has 2 N–H and O–H groups in total. The smallest absolute Gasteiger partial charge is 0.191 e. The highest BCUT2D eigenvalue weighted by molar-refractivity contribution is 14.0. The minimum Gasteiger partial charge on any atom is -0.496 e. The Bertz CT molecular complexity index is 422. The maximum atomic E-state index is 5.26. The van der Waals surface area contributed by atoms with Crippen LogP contribution in [0.4, 0.5) is 0 Å². The molecule has 0 aliphatic rings. The highest BCUT2D eigenvalue weighted by Gasteiger charge is 2.00. The van der Waals surface area contributed by atoms with Gasteiger partial charge < -0.3 is 15.4 Å². The molecule has 0 aliphatic heterocycles. The van der Waals surface area contributed by atoms with E-state index in [0.717, 1.165) is 36.8 Å². The van der Waals surface area contributed by atoms with Crippen LogP contribution in [0.1, 0.15) is 31.4 Å². The first kappa shape index (κ1) is 19.0.